The number of hydrogen-bond donors (Lipinski definition) is 2. The maximum Gasteiger partial charge on any atom is 0.0797 e. The fourth-order valence-corrected chi connectivity index (χ4v) is 4.84. The van der Waals surface area contributed by atoms with Gasteiger partial charge in [-0.2, -0.15) is 11.8 Å². The fourth-order valence-electron chi connectivity index (χ4n) is 3.42. The fraction of sp³-hybridized carbons (Fsp3) is 1.00. The first-order valence-electron chi connectivity index (χ1n) is 7.29. The number of hydrogen-bond acceptors (Lipinski definition) is 3. The standard InChI is InChI=1S/C14H27NOS/c15-11-14(16)9-4-5-12(14)8-10-17-13-6-2-1-3-7-13/h12-13,16H,1-11,15H2. The molecule has 3 heteroatoms. The molecule has 2 fully saturated rings. The van der Waals surface area contributed by atoms with E-state index in [0.717, 1.165) is 24.5 Å². The van der Waals surface area contributed by atoms with E-state index in [1.165, 1.54) is 44.3 Å². The molecule has 0 bridgehead atoms. The highest BCUT2D eigenvalue weighted by Gasteiger charge is 2.39. The van der Waals surface area contributed by atoms with Gasteiger partial charge < -0.3 is 10.8 Å². The van der Waals surface area contributed by atoms with Gasteiger partial charge in [0.15, 0.2) is 0 Å². The van der Waals surface area contributed by atoms with Gasteiger partial charge in [-0.1, -0.05) is 25.7 Å². The highest BCUT2D eigenvalue weighted by Crippen LogP contribution is 2.38. The SMILES string of the molecule is NCC1(O)CCCC1CCSC1CCCCC1. The molecular weight excluding hydrogens is 230 g/mol. The van der Waals surface area contributed by atoms with Crippen molar-refractivity contribution in [3.63, 3.8) is 0 Å². The predicted octanol–water partition coefficient (Wildman–Crippen LogP) is 2.93. The van der Waals surface area contributed by atoms with Crippen LogP contribution in [0.25, 0.3) is 0 Å². The molecule has 2 rings (SSSR count). The van der Waals surface area contributed by atoms with Gasteiger partial charge in [0.25, 0.3) is 0 Å². The second-order valence-corrected chi connectivity index (χ2v) is 7.22. The molecule has 2 aliphatic carbocycles. The van der Waals surface area contributed by atoms with E-state index in [1.54, 1.807) is 0 Å². The van der Waals surface area contributed by atoms with Gasteiger partial charge in [0.1, 0.15) is 0 Å². The van der Waals surface area contributed by atoms with Crippen LogP contribution in [0.4, 0.5) is 0 Å². The molecular formula is C14H27NOS. The molecule has 0 heterocycles. The van der Waals surface area contributed by atoms with Crippen LogP contribution in [0.5, 0.6) is 0 Å². The first-order valence-corrected chi connectivity index (χ1v) is 8.33. The topological polar surface area (TPSA) is 46.2 Å². The monoisotopic (exact) mass is 257 g/mol. The molecule has 100 valence electrons. The Kier molecular flexibility index (Phi) is 5.19. The molecule has 3 N–H and O–H groups in total. The summed E-state index contributed by atoms with van der Waals surface area (Å²) in [5, 5.41) is 11.3. The summed E-state index contributed by atoms with van der Waals surface area (Å²) in [6.07, 6.45) is 11.5. The third kappa shape index (κ3) is 3.62. The van der Waals surface area contributed by atoms with Gasteiger partial charge in [0.2, 0.25) is 0 Å². The summed E-state index contributed by atoms with van der Waals surface area (Å²) in [5.74, 6) is 1.68. The van der Waals surface area contributed by atoms with Crippen molar-refractivity contribution < 1.29 is 5.11 Å². The molecule has 2 nitrogen and oxygen atoms in total. The van der Waals surface area contributed by atoms with Crippen molar-refractivity contribution in [2.45, 2.75) is 68.6 Å². The summed E-state index contributed by atoms with van der Waals surface area (Å²) in [5.41, 5.74) is 5.18. The Morgan fingerprint density at radius 2 is 1.88 bits per heavy atom. The number of nitrogens with two attached hydrogens (primary N) is 1. The molecule has 17 heavy (non-hydrogen) atoms. The second-order valence-electron chi connectivity index (χ2n) is 5.82. The van der Waals surface area contributed by atoms with E-state index in [4.69, 9.17) is 5.73 Å². The molecule has 0 spiro atoms. The first-order chi connectivity index (χ1) is 8.24. The Hall–Kier alpha value is 0.270. The van der Waals surface area contributed by atoms with Gasteiger partial charge in [-0.05, 0) is 43.8 Å². The molecule has 0 aromatic carbocycles. The largest absolute Gasteiger partial charge is 0.388 e. The van der Waals surface area contributed by atoms with Crippen molar-refractivity contribution in [1.82, 2.24) is 0 Å². The van der Waals surface area contributed by atoms with Crippen molar-refractivity contribution in [3.05, 3.63) is 0 Å². The average molecular weight is 257 g/mol. The zero-order chi connectivity index (χ0) is 12.1. The van der Waals surface area contributed by atoms with E-state index in [-0.39, 0.29) is 0 Å². The van der Waals surface area contributed by atoms with Crippen LogP contribution in [0.3, 0.4) is 0 Å². The lowest BCUT2D eigenvalue weighted by Crippen LogP contribution is -2.41. The van der Waals surface area contributed by atoms with E-state index < -0.39 is 5.60 Å². The van der Waals surface area contributed by atoms with Crippen molar-refractivity contribution in [1.29, 1.82) is 0 Å². The van der Waals surface area contributed by atoms with Crippen molar-refractivity contribution in [3.8, 4) is 0 Å². The van der Waals surface area contributed by atoms with Crippen LogP contribution in [0.1, 0.15) is 57.8 Å². The molecule has 0 aliphatic heterocycles. The Balaban J connectivity index is 1.67. The summed E-state index contributed by atoms with van der Waals surface area (Å²) >= 11 is 2.14. The molecule has 0 amide bonds. The first kappa shape index (κ1) is 13.7. The van der Waals surface area contributed by atoms with Gasteiger partial charge >= 0.3 is 0 Å². The molecule has 2 atom stereocenters. The van der Waals surface area contributed by atoms with E-state index in [2.05, 4.69) is 11.8 Å². The van der Waals surface area contributed by atoms with Crippen LogP contribution in [0.2, 0.25) is 0 Å². The number of aliphatic hydroxyl groups is 1. The Bertz CT molecular complexity index is 230. The van der Waals surface area contributed by atoms with Crippen LogP contribution in [-0.2, 0) is 0 Å². The minimum absolute atomic E-state index is 0.450. The Labute approximate surface area is 110 Å². The number of rotatable bonds is 5. The highest BCUT2D eigenvalue weighted by molar-refractivity contribution is 7.99. The summed E-state index contributed by atoms with van der Waals surface area (Å²) in [7, 11) is 0. The normalized spacial score (nSPS) is 35.3. The Morgan fingerprint density at radius 3 is 2.59 bits per heavy atom. The van der Waals surface area contributed by atoms with Gasteiger partial charge in [0.05, 0.1) is 5.60 Å². The van der Waals surface area contributed by atoms with Gasteiger partial charge in [-0.15, -0.1) is 0 Å². The van der Waals surface area contributed by atoms with E-state index in [9.17, 15) is 5.11 Å². The van der Waals surface area contributed by atoms with Gasteiger partial charge in [-0.3, -0.25) is 0 Å². The maximum atomic E-state index is 10.4. The highest BCUT2D eigenvalue weighted by atomic mass is 32.2. The minimum atomic E-state index is -0.535. The minimum Gasteiger partial charge on any atom is -0.388 e. The smallest absolute Gasteiger partial charge is 0.0797 e. The quantitative estimate of drug-likeness (QED) is 0.796. The van der Waals surface area contributed by atoms with Crippen LogP contribution < -0.4 is 5.73 Å². The lowest BCUT2D eigenvalue weighted by Gasteiger charge is -2.29. The zero-order valence-electron chi connectivity index (χ0n) is 10.9. The third-order valence-corrected chi connectivity index (χ3v) is 6.06. The summed E-state index contributed by atoms with van der Waals surface area (Å²) in [6.45, 7) is 0.450. The summed E-state index contributed by atoms with van der Waals surface area (Å²) in [6, 6.07) is 0. The van der Waals surface area contributed by atoms with Crippen LogP contribution in [0, 0.1) is 5.92 Å². The molecule has 2 saturated carbocycles. The number of thioether (sulfide) groups is 1. The lowest BCUT2D eigenvalue weighted by molar-refractivity contribution is 0.0103. The van der Waals surface area contributed by atoms with Crippen molar-refractivity contribution >= 4 is 11.8 Å². The van der Waals surface area contributed by atoms with Crippen LogP contribution in [-0.4, -0.2) is 28.3 Å². The molecule has 2 unspecified atom stereocenters. The zero-order valence-corrected chi connectivity index (χ0v) is 11.7. The molecule has 2 aliphatic rings. The van der Waals surface area contributed by atoms with Crippen LogP contribution in [0.15, 0.2) is 0 Å². The predicted molar refractivity (Wildman–Crippen MR) is 75.3 cm³/mol. The van der Waals surface area contributed by atoms with Gasteiger partial charge in [0, 0.05) is 11.8 Å². The average Bonchev–Trinajstić information content (AvgIpc) is 2.73. The van der Waals surface area contributed by atoms with Crippen molar-refractivity contribution in [2.24, 2.45) is 11.7 Å². The third-order valence-electron chi connectivity index (χ3n) is 4.65. The molecule has 0 aromatic heterocycles. The summed E-state index contributed by atoms with van der Waals surface area (Å²) in [4.78, 5) is 0. The molecule has 0 saturated heterocycles. The van der Waals surface area contributed by atoms with Gasteiger partial charge in [-0.25, -0.2) is 0 Å². The second kappa shape index (κ2) is 6.44. The van der Waals surface area contributed by atoms with E-state index >= 15 is 0 Å². The van der Waals surface area contributed by atoms with E-state index in [1.807, 2.05) is 0 Å². The Morgan fingerprint density at radius 1 is 1.12 bits per heavy atom. The van der Waals surface area contributed by atoms with Crippen LogP contribution >= 0.6 is 11.8 Å². The molecule has 0 aromatic rings. The summed E-state index contributed by atoms with van der Waals surface area (Å²) < 4.78 is 0. The maximum absolute atomic E-state index is 10.4. The van der Waals surface area contributed by atoms with Crippen molar-refractivity contribution in [2.75, 3.05) is 12.3 Å². The lowest BCUT2D eigenvalue weighted by atomic mass is 9.89. The van der Waals surface area contributed by atoms with E-state index in [0.29, 0.717) is 12.5 Å². The molecule has 0 radical (unpaired) electrons.